The van der Waals surface area contributed by atoms with Crippen LogP contribution < -0.4 is 4.72 Å². The van der Waals surface area contributed by atoms with Gasteiger partial charge < -0.3 is 0 Å². The van der Waals surface area contributed by atoms with Gasteiger partial charge in [0, 0.05) is 11.0 Å². The molecule has 6 heteroatoms. The highest BCUT2D eigenvalue weighted by Gasteiger charge is 2.06. The Hall–Kier alpha value is -0.100. The maximum atomic E-state index is 11.0. The maximum Gasteiger partial charge on any atom is 0.225 e. The molecule has 14 heavy (non-hydrogen) atoms. The third-order valence-electron chi connectivity index (χ3n) is 1.53. The molecule has 0 atom stereocenters. The molecule has 0 aliphatic carbocycles. The molecule has 1 aromatic rings. The Kier molecular flexibility index (Phi) is 4.37. The van der Waals surface area contributed by atoms with Gasteiger partial charge in [0.05, 0.1) is 0 Å². The highest BCUT2D eigenvalue weighted by Crippen LogP contribution is 2.11. The Labute approximate surface area is 96.6 Å². The number of hydrogen-bond donors (Lipinski definition) is 1. The first-order chi connectivity index (χ1) is 6.53. The standard InChI is InChI=1S/C8H9BrClNO2S/c9-8-3-1-2-7(4-8)5-11-14(12,13)6-10/h1-4,11H,5-6H2. The van der Waals surface area contributed by atoms with Crippen molar-refractivity contribution in [2.45, 2.75) is 6.54 Å². The molecule has 3 nitrogen and oxygen atoms in total. The first-order valence-corrected chi connectivity index (χ1v) is 6.79. The number of nitrogens with one attached hydrogen (secondary N) is 1. The molecule has 78 valence electrons. The minimum absolute atomic E-state index is 0.258. The predicted octanol–water partition coefficient (Wildman–Crippen LogP) is 2.06. The summed E-state index contributed by atoms with van der Waals surface area (Å²) in [5.41, 5.74) is 0.882. The van der Waals surface area contributed by atoms with E-state index < -0.39 is 15.2 Å². The smallest absolute Gasteiger partial charge is 0.211 e. The lowest BCUT2D eigenvalue weighted by atomic mass is 10.2. The number of alkyl halides is 1. The summed E-state index contributed by atoms with van der Waals surface area (Å²) in [5.74, 6) is 0. The SMILES string of the molecule is O=S(=O)(CCl)NCc1cccc(Br)c1. The van der Waals surface area contributed by atoms with Crippen LogP contribution in [0.2, 0.25) is 0 Å². The summed E-state index contributed by atoms with van der Waals surface area (Å²) in [6.07, 6.45) is 0. The van der Waals surface area contributed by atoms with Crippen LogP contribution >= 0.6 is 27.5 Å². The van der Waals surface area contributed by atoms with E-state index >= 15 is 0 Å². The van der Waals surface area contributed by atoms with Gasteiger partial charge in [-0.2, -0.15) is 0 Å². The summed E-state index contributed by atoms with van der Waals surface area (Å²) in [6.45, 7) is 0.258. The molecule has 1 rings (SSSR count). The summed E-state index contributed by atoms with van der Waals surface area (Å²) in [4.78, 5) is 0. The van der Waals surface area contributed by atoms with Gasteiger partial charge in [-0.25, -0.2) is 13.1 Å². The largest absolute Gasteiger partial charge is 0.225 e. The van der Waals surface area contributed by atoms with Crippen LogP contribution in [0.4, 0.5) is 0 Å². The Morgan fingerprint density at radius 1 is 1.43 bits per heavy atom. The van der Waals surface area contributed by atoms with Crippen molar-refractivity contribution < 1.29 is 8.42 Å². The number of hydrogen-bond acceptors (Lipinski definition) is 2. The third-order valence-corrected chi connectivity index (χ3v) is 3.76. The molecule has 0 spiro atoms. The van der Waals surface area contributed by atoms with Crippen molar-refractivity contribution in [1.82, 2.24) is 4.72 Å². The van der Waals surface area contributed by atoms with E-state index in [0.29, 0.717) is 0 Å². The molecular weight excluding hydrogens is 290 g/mol. The molecule has 0 unspecified atom stereocenters. The van der Waals surface area contributed by atoms with Crippen LogP contribution in [0.3, 0.4) is 0 Å². The van der Waals surface area contributed by atoms with Crippen LogP contribution in [-0.2, 0) is 16.6 Å². The summed E-state index contributed by atoms with van der Waals surface area (Å²) < 4.78 is 25.3. The van der Waals surface area contributed by atoms with Crippen molar-refractivity contribution in [3.8, 4) is 0 Å². The van der Waals surface area contributed by atoms with E-state index in [1.165, 1.54) is 0 Å². The average Bonchev–Trinajstić information content (AvgIpc) is 2.15. The zero-order chi connectivity index (χ0) is 10.6. The second kappa shape index (κ2) is 5.11. The Morgan fingerprint density at radius 2 is 2.14 bits per heavy atom. The van der Waals surface area contributed by atoms with Crippen LogP contribution in [0.15, 0.2) is 28.7 Å². The molecule has 1 aromatic carbocycles. The first kappa shape index (κ1) is 12.0. The number of halogens is 2. The van der Waals surface area contributed by atoms with Crippen LogP contribution in [0.5, 0.6) is 0 Å². The predicted molar refractivity (Wildman–Crippen MR) is 60.6 cm³/mol. The van der Waals surface area contributed by atoms with E-state index in [4.69, 9.17) is 11.6 Å². The normalized spacial score (nSPS) is 11.6. The second-order valence-electron chi connectivity index (χ2n) is 2.67. The molecule has 1 N–H and O–H groups in total. The fourth-order valence-corrected chi connectivity index (χ4v) is 2.02. The van der Waals surface area contributed by atoms with Gasteiger partial charge in [-0.15, -0.1) is 11.6 Å². The molecule has 0 amide bonds. The highest BCUT2D eigenvalue weighted by molar-refractivity contribution is 9.10. The van der Waals surface area contributed by atoms with Gasteiger partial charge in [0.15, 0.2) is 0 Å². The van der Waals surface area contributed by atoms with Crippen molar-refractivity contribution in [2.75, 3.05) is 5.21 Å². The minimum Gasteiger partial charge on any atom is -0.211 e. The van der Waals surface area contributed by atoms with E-state index in [1.807, 2.05) is 24.3 Å². The summed E-state index contributed by atoms with van der Waals surface area (Å²) in [6, 6.07) is 7.40. The molecule has 0 radical (unpaired) electrons. The van der Waals surface area contributed by atoms with Gasteiger partial charge >= 0.3 is 0 Å². The molecule has 0 fully saturated rings. The van der Waals surface area contributed by atoms with E-state index in [1.54, 1.807) is 0 Å². The molecule has 0 saturated heterocycles. The molecule has 0 heterocycles. The Balaban J connectivity index is 2.63. The fourth-order valence-electron chi connectivity index (χ4n) is 0.879. The van der Waals surface area contributed by atoms with Gasteiger partial charge in [0.25, 0.3) is 0 Å². The van der Waals surface area contributed by atoms with Crippen molar-refractivity contribution in [3.63, 3.8) is 0 Å². The first-order valence-electron chi connectivity index (χ1n) is 3.81. The second-order valence-corrected chi connectivity index (χ2v) is 5.98. The molecule has 0 aliphatic heterocycles. The molecule has 0 saturated carbocycles. The number of benzene rings is 1. The van der Waals surface area contributed by atoms with Gasteiger partial charge in [-0.1, -0.05) is 28.1 Å². The Bertz CT molecular complexity index is 408. The van der Waals surface area contributed by atoms with Crippen LogP contribution in [0, 0.1) is 0 Å². The molecule has 0 aliphatic rings. The highest BCUT2D eigenvalue weighted by atomic mass is 79.9. The molecule has 0 bridgehead atoms. The van der Waals surface area contributed by atoms with Crippen molar-refractivity contribution >= 4 is 37.6 Å². The van der Waals surface area contributed by atoms with Gasteiger partial charge in [-0.3, -0.25) is 0 Å². The number of sulfonamides is 1. The average molecular weight is 299 g/mol. The van der Waals surface area contributed by atoms with Crippen molar-refractivity contribution in [2.24, 2.45) is 0 Å². The molecule has 0 aromatic heterocycles. The topological polar surface area (TPSA) is 46.2 Å². The summed E-state index contributed by atoms with van der Waals surface area (Å²) in [7, 11) is -3.33. The van der Waals surface area contributed by atoms with E-state index in [9.17, 15) is 8.42 Å². The number of rotatable bonds is 4. The third kappa shape index (κ3) is 3.96. The zero-order valence-electron chi connectivity index (χ0n) is 7.20. The molecular formula is C8H9BrClNO2S. The quantitative estimate of drug-likeness (QED) is 0.865. The van der Waals surface area contributed by atoms with Crippen molar-refractivity contribution in [1.29, 1.82) is 0 Å². The van der Waals surface area contributed by atoms with Gasteiger partial charge in [0.1, 0.15) is 5.21 Å². The lowest BCUT2D eigenvalue weighted by molar-refractivity contribution is 0.586. The van der Waals surface area contributed by atoms with Gasteiger partial charge in [-0.05, 0) is 17.7 Å². The minimum atomic E-state index is -3.33. The fraction of sp³-hybridized carbons (Fsp3) is 0.250. The van der Waals surface area contributed by atoms with E-state index in [-0.39, 0.29) is 6.54 Å². The lowest BCUT2D eigenvalue weighted by Gasteiger charge is -2.03. The van der Waals surface area contributed by atoms with Crippen LogP contribution in [-0.4, -0.2) is 13.6 Å². The van der Waals surface area contributed by atoms with Crippen molar-refractivity contribution in [3.05, 3.63) is 34.3 Å². The van der Waals surface area contributed by atoms with E-state index in [2.05, 4.69) is 20.7 Å². The Morgan fingerprint density at radius 3 is 2.71 bits per heavy atom. The summed E-state index contributed by atoms with van der Waals surface area (Å²) >= 11 is 8.53. The van der Waals surface area contributed by atoms with Crippen LogP contribution in [0.25, 0.3) is 0 Å². The van der Waals surface area contributed by atoms with Gasteiger partial charge in [0.2, 0.25) is 10.0 Å². The lowest BCUT2D eigenvalue weighted by Crippen LogP contribution is -2.23. The summed E-state index contributed by atoms with van der Waals surface area (Å²) in [5, 5.41) is -0.416. The monoisotopic (exact) mass is 297 g/mol. The van der Waals surface area contributed by atoms with Crippen LogP contribution in [0.1, 0.15) is 5.56 Å². The van der Waals surface area contributed by atoms with E-state index in [0.717, 1.165) is 10.0 Å². The maximum absolute atomic E-state index is 11.0. The zero-order valence-corrected chi connectivity index (χ0v) is 10.4.